The van der Waals surface area contributed by atoms with Gasteiger partial charge in [0.1, 0.15) is 5.82 Å². The van der Waals surface area contributed by atoms with Crippen molar-refractivity contribution in [3.8, 4) is 17.3 Å². The summed E-state index contributed by atoms with van der Waals surface area (Å²) in [5.74, 6) is 2.08. The van der Waals surface area contributed by atoms with Gasteiger partial charge in [-0.15, -0.1) is 53.6 Å². The number of hydrogen-bond acceptors (Lipinski definition) is 4. The standard InChI is InChI=1S/C66H67N4O.Pt/c1-62(2,3)46-28-31-58-60(39-46)69(51-36-49(65(10,11)44-22-16-14-17-23-44)34-50(37-51)66(12,13)45-24-18-15-19-25-45)43-68(58)52-35-48(64(7,8)9)38-54(41-52)71-53-29-30-56-55-26-20-21-27-57(55)70(59(56)42-53)61-40-47(32-33-67-61)63(4,5)6;/h14-40,43H,1-13H3;/q-3;. The number of rotatable bonds is 9. The van der Waals surface area contributed by atoms with Gasteiger partial charge >= 0.3 is 0 Å². The van der Waals surface area contributed by atoms with E-state index in [1.54, 1.807) is 0 Å². The van der Waals surface area contributed by atoms with Gasteiger partial charge in [-0.1, -0.05) is 187 Å². The van der Waals surface area contributed by atoms with Crippen LogP contribution in [0.5, 0.6) is 11.5 Å². The second-order valence-electron chi connectivity index (χ2n) is 23.6. The van der Waals surface area contributed by atoms with E-state index in [-0.39, 0.29) is 48.1 Å². The molecule has 0 saturated carbocycles. The number of nitrogens with zero attached hydrogens (tertiary/aromatic N) is 4. The van der Waals surface area contributed by atoms with Crippen molar-refractivity contribution in [2.75, 3.05) is 9.80 Å². The Morgan fingerprint density at radius 3 is 1.64 bits per heavy atom. The van der Waals surface area contributed by atoms with Crippen molar-refractivity contribution < 1.29 is 25.8 Å². The van der Waals surface area contributed by atoms with Crippen molar-refractivity contribution in [1.82, 2.24) is 9.55 Å². The summed E-state index contributed by atoms with van der Waals surface area (Å²) in [5, 5.41) is 2.23. The Morgan fingerprint density at radius 1 is 0.444 bits per heavy atom. The van der Waals surface area contributed by atoms with E-state index in [4.69, 9.17) is 9.72 Å². The van der Waals surface area contributed by atoms with Gasteiger partial charge in [-0.2, -0.15) is 6.07 Å². The molecule has 370 valence electrons. The van der Waals surface area contributed by atoms with E-state index >= 15 is 0 Å². The number of pyridine rings is 1. The summed E-state index contributed by atoms with van der Waals surface area (Å²) in [6.45, 7) is 32.0. The molecule has 72 heavy (non-hydrogen) atoms. The third kappa shape index (κ3) is 9.42. The Bertz CT molecular complexity index is 3370. The Morgan fingerprint density at radius 2 is 1.03 bits per heavy atom. The fraction of sp³-hybridized carbons (Fsp3) is 0.273. The van der Waals surface area contributed by atoms with Crippen LogP contribution in [-0.2, 0) is 48.1 Å². The molecule has 0 bridgehead atoms. The van der Waals surface area contributed by atoms with Crippen molar-refractivity contribution >= 4 is 44.6 Å². The number of anilines is 4. The Hall–Kier alpha value is -6.42. The number of benzene rings is 7. The Kier molecular flexibility index (Phi) is 13.0. The fourth-order valence-corrected chi connectivity index (χ4v) is 9.98. The molecule has 0 aliphatic carbocycles. The quantitative estimate of drug-likeness (QED) is 0.135. The average molecular weight is 1130 g/mol. The molecule has 0 fully saturated rings. The van der Waals surface area contributed by atoms with Gasteiger partial charge in [-0.3, -0.25) is 0 Å². The molecule has 3 heterocycles. The van der Waals surface area contributed by atoms with Crippen molar-refractivity contribution in [2.24, 2.45) is 0 Å². The smallest absolute Gasteiger partial charge is 0.135 e. The minimum absolute atomic E-state index is 0. The molecule has 1 aliphatic rings. The van der Waals surface area contributed by atoms with Gasteiger partial charge in [0.25, 0.3) is 0 Å². The molecule has 7 aromatic carbocycles. The van der Waals surface area contributed by atoms with Crippen molar-refractivity contribution in [1.29, 1.82) is 0 Å². The van der Waals surface area contributed by atoms with Gasteiger partial charge in [0.05, 0.1) is 0 Å². The summed E-state index contributed by atoms with van der Waals surface area (Å²) in [5.41, 5.74) is 14.0. The third-order valence-electron chi connectivity index (χ3n) is 14.8. The summed E-state index contributed by atoms with van der Waals surface area (Å²) < 4.78 is 9.16. The molecule has 0 radical (unpaired) electrons. The summed E-state index contributed by atoms with van der Waals surface area (Å²) in [6, 6.07) is 64.8. The number of ether oxygens (including phenoxy) is 1. The first-order valence-corrected chi connectivity index (χ1v) is 25.1. The van der Waals surface area contributed by atoms with E-state index in [1.165, 1.54) is 33.4 Å². The normalized spacial score (nSPS) is 13.4. The number of hydrogen-bond donors (Lipinski definition) is 0. The van der Waals surface area contributed by atoms with E-state index < -0.39 is 0 Å². The second-order valence-corrected chi connectivity index (χ2v) is 23.6. The molecule has 5 nitrogen and oxygen atoms in total. The largest absolute Gasteiger partial charge is 0.509 e. The summed E-state index contributed by atoms with van der Waals surface area (Å²) in [6.07, 6.45) is 1.91. The number of para-hydroxylation sites is 1. The van der Waals surface area contributed by atoms with E-state index in [2.05, 4.69) is 275 Å². The van der Waals surface area contributed by atoms with Gasteiger partial charge in [-0.25, -0.2) is 4.98 Å². The molecular formula is C66H67N4OPt-3. The van der Waals surface area contributed by atoms with Crippen LogP contribution in [0.3, 0.4) is 0 Å². The molecule has 9 aromatic rings. The predicted octanol–water partition coefficient (Wildman–Crippen LogP) is 17.5. The summed E-state index contributed by atoms with van der Waals surface area (Å²) in [4.78, 5) is 9.59. The van der Waals surface area contributed by atoms with Crippen molar-refractivity contribution in [3.63, 3.8) is 0 Å². The second kappa shape index (κ2) is 18.6. The minimum atomic E-state index is -0.281. The monoisotopic (exact) mass is 1130 g/mol. The maximum atomic E-state index is 6.94. The zero-order valence-corrected chi connectivity index (χ0v) is 46.5. The topological polar surface area (TPSA) is 33.5 Å². The first kappa shape index (κ1) is 50.5. The van der Waals surface area contributed by atoms with E-state index in [1.807, 2.05) is 12.3 Å². The van der Waals surface area contributed by atoms with Gasteiger partial charge in [0.15, 0.2) is 0 Å². The first-order chi connectivity index (χ1) is 33.6. The molecule has 0 amide bonds. The molecule has 0 spiro atoms. The maximum absolute atomic E-state index is 6.94. The summed E-state index contributed by atoms with van der Waals surface area (Å²) >= 11 is 0. The van der Waals surface area contributed by atoms with Crippen LogP contribution in [0, 0.1) is 18.8 Å². The maximum Gasteiger partial charge on any atom is 0.135 e. The van der Waals surface area contributed by atoms with E-state index in [0.717, 1.165) is 55.9 Å². The van der Waals surface area contributed by atoms with Crippen LogP contribution >= 0.6 is 0 Å². The number of aromatic nitrogens is 2. The zero-order chi connectivity index (χ0) is 50.3. The van der Waals surface area contributed by atoms with Gasteiger partial charge in [0, 0.05) is 72.2 Å². The van der Waals surface area contributed by atoms with Gasteiger partial charge in [-0.05, 0) is 97.5 Å². The fourth-order valence-electron chi connectivity index (χ4n) is 9.98. The Balaban J connectivity index is 0.00000640. The molecule has 10 rings (SSSR count). The van der Waals surface area contributed by atoms with Crippen molar-refractivity contribution in [3.05, 3.63) is 222 Å². The molecule has 0 unspecified atom stereocenters. The number of fused-ring (bicyclic) bond motifs is 4. The first-order valence-electron chi connectivity index (χ1n) is 25.1. The van der Waals surface area contributed by atoms with Crippen LogP contribution in [0.25, 0.3) is 27.6 Å². The average Bonchev–Trinajstić information content (AvgIpc) is 3.89. The molecule has 0 atom stereocenters. The Labute approximate surface area is 443 Å². The van der Waals surface area contributed by atoms with Crippen LogP contribution < -0.4 is 14.5 Å². The molecule has 2 aromatic heterocycles. The molecule has 6 heteroatoms. The molecule has 1 aliphatic heterocycles. The third-order valence-corrected chi connectivity index (χ3v) is 14.8. The van der Waals surface area contributed by atoms with Crippen LogP contribution in [0.2, 0.25) is 0 Å². The molecule has 0 saturated heterocycles. The van der Waals surface area contributed by atoms with Crippen LogP contribution in [-0.4, -0.2) is 9.55 Å². The predicted molar refractivity (Wildman–Crippen MR) is 297 cm³/mol. The summed E-state index contributed by atoms with van der Waals surface area (Å²) in [7, 11) is 0. The van der Waals surface area contributed by atoms with Gasteiger partial charge < -0.3 is 19.1 Å². The van der Waals surface area contributed by atoms with E-state index in [9.17, 15) is 0 Å². The SMILES string of the molecule is CC(C)(C)c1cc(Oc2[c-]c3c(cc2)c2ccccc2n3-c2cc(C(C)(C)C)ccn2)[c-]c(N2[CH-]N(c3cc(C(C)(C)c4ccccc4)cc(C(C)(C)c4ccccc4)c3)c3cc(C(C)(C)C)ccc32)c1.[Pt]. The van der Waals surface area contributed by atoms with Gasteiger partial charge in [0.2, 0.25) is 0 Å². The van der Waals surface area contributed by atoms with Crippen LogP contribution in [0.1, 0.15) is 129 Å². The van der Waals surface area contributed by atoms with Crippen LogP contribution in [0.4, 0.5) is 22.7 Å². The minimum Gasteiger partial charge on any atom is -0.509 e. The zero-order valence-electron chi connectivity index (χ0n) is 44.2. The van der Waals surface area contributed by atoms with Crippen molar-refractivity contribution in [2.45, 2.75) is 117 Å². The molecular weight excluding hydrogens is 1060 g/mol. The van der Waals surface area contributed by atoms with Crippen LogP contribution in [0.15, 0.2) is 164 Å². The molecule has 0 N–H and O–H groups in total. The van der Waals surface area contributed by atoms with E-state index in [0.29, 0.717) is 11.5 Å².